The highest BCUT2D eigenvalue weighted by molar-refractivity contribution is 5.83. The van der Waals surface area contributed by atoms with Gasteiger partial charge in [-0.3, -0.25) is 9.59 Å². The minimum Gasteiger partial charge on any atom is -0.481 e. The standard InChI is InChI=1S/C19H30O4/c1-3-5-7-9-12-13(10-8-6-4-2)15-11-14(12)16(18(20)21)17(15)19(22)23/h14-17H,3-11H2,1-2H3,(H,20,21)(H,22,23). The summed E-state index contributed by atoms with van der Waals surface area (Å²) in [4.78, 5) is 23.3. The van der Waals surface area contributed by atoms with E-state index < -0.39 is 23.8 Å². The second-order valence-corrected chi connectivity index (χ2v) is 7.14. The molecule has 4 unspecified atom stereocenters. The van der Waals surface area contributed by atoms with Crippen LogP contribution in [0.4, 0.5) is 0 Å². The molecule has 4 atom stereocenters. The zero-order chi connectivity index (χ0) is 17.0. The molecule has 1 fully saturated rings. The van der Waals surface area contributed by atoms with Gasteiger partial charge >= 0.3 is 11.9 Å². The maximum absolute atomic E-state index is 11.7. The molecule has 4 nitrogen and oxygen atoms in total. The van der Waals surface area contributed by atoms with E-state index in [-0.39, 0.29) is 11.8 Å². The van der Waals surface area contributed by atoms with Crippen LogP contribution in [0.3, 0.4) is 0 Å². The molecule has 0 spiro atoms. The summed E-state index contributed by atoms with van der Waals surface area (Å²) < 4.78 is 0. The fourth-order valence-corrected chi connectivity index (χ4v) is 4.74. The van der Waals surface area contributed by atoms with Crippen LogP contribution < -0.4 is 0 Å². The van der Waals surface area contributed by atoms with Crippen molar-refractivity contribution in [2.24, 2.45) is 23.7 Å². The number of unbranched alkanes of at least 4 members (excludes halogenated alkanes) is 4. The van der Waals surface area contributed by atoms with E-state index in [1.54, 1.807) is 0 Å². The highest BCUT2D eigenvalue weighted by atomic mass is 16.4. The first kappa shape index (κ1) is 18.0. The highest BCUT2D eigenvalue weighted by Crippen LogP contribution is 2.57. The molecule has 0 aromatic rings. The maximum atomic E-state index is 11.7. The van der Waals surface area contributed by atoms with E-state index >= 15 is 0 Å². The molecule has 0 heterocycles. The van der Waals surface area contributed by atoms with E-state index in [2.05, 4.69) is 13.8 Å². The predicted molar refractivity (Wildman–Crippen MR) is 89.2 cm³/mol. The van der Waals surface area contributed by atoms with Crippen LogP contribution in [0, 0.1) is 23.7 Å². The number of carboxylic acid groups (broad SMARTS) is 2. The molecule has 2 bridgehead atoms. The molecule has 0 radical (unpaired) electrons. The van der Waals surface area contributed by atoms with Crippen molar-refractivity contribution in [1.29, 1.82) is 0 Å². The smallest absolute Gasteiger partial charge is 0.308 e. The molecule has 0 aliphatic heterocycles. The number of hydrogen-bond acceptors (Lipinski definition) is 2. The lowest BCUT2D eigenvalue weighted by Gasteiger charge is -2.30. The van der Waals surface area contributed by atoms with Gasteiger partial charge in [0.05, 0.1) is 11.8 Å². The summed E-state index contributed by atoms with van der Waals surface area (Å²) >= 11 is 0. The summed E-state index contributed by atoms with van der Waals surface area (Å²) in [5.41, 5.74) is 2.62. The first-order valence-corrected chi connectivity index (χ1v) is 9.20. The zero-order valence-electron chi connectivity index (χ0n) is 14.4. The molecular weight excluding hydrogens is 292 g/mol. The van der Waals surface area contributed by atoms with Crippen LogP contribution in [0.2, 0.25) is 0 Å². The molecule has 0 aromatic carbocycles. The van der Waals surface area contributed by atoms with Gasteiger partial charge in [0.1, 0.15) is 0 Å². The fourth-order valence-electron chi connectivity index (χ4n) is 4.74. The van der Waals surface area contributed by atoms with Crippen molar-refractivity contribution in [3.63, 3.8) is 0 Å². The molecule has 2 rings (SSSR count). The van der Waals surface area contributed by atoms with Crippen LogP contribution in [0.25, 0.3) is 0 Å². The molecule has 0 saturated heterocycles. The van der Waals surface area contributed by atoms with Crippen molar-refractivity contribution in [3.8, 4) is 0 Å². The Hall–Kier alpha value is -1.32. The average Bonchev–Trinajstić information content (AvgIpc) is 3.04. The predicted octanol–water partition coefficient (Wildman–Crippen LogP) is 4.49. The monoisotopic (exact) mass is 322 g/mol. The van der Waals surface area contributed by atoms with Crippen molar-refractivity contribution < 1.29 is 19.8 Å². The fraction of sp³-hybridized carbons (Fsp3) is 0.789. The third-order valence-electron chi connectivity index (χ3n) is 5.74. The zero-order valence-corrected chi connectivity index (χ0v) is 14.4. The molecule has 130 valence electrons. The van der Waals surface area contributed by atoms with Gasteiger partial charge in [-0.1, -0.05) is 50.7 Å². The first-order valence-electron chi connectivity index (χ1n) is 9.20. The Morgan fingerprint density at radius 3 is 1.52 bits per heavy atom. The van der Waals surface area contributed by atoms with Crippen LogP contribution in [-0.4, -0.2) is 22.2 Å². The summed E-state index contributed by atoms with van der Waals surface area (Å²) in [6.07, 6.45) is 9.47. The van der Waals surface area contributed by atoms with Gasteiger partial charge in [0.2, 0.25) is 0 Å². The molecular formula is C19H30O4. The molecule has 2 aliphatic carbocycles. The van der Waals surface area contributed by atoms with Crippen molar-refractivity contribution in [1.82, 2.24) is 0 Å². The van der Waals surface area contributed by atoms with Crippen LogP contribution in [-0.2, 0) is 9.59 Å². The molecule has 2 aliphatic rings. The van der Waals surface area contributed by atoms with Crippen molar-refractivity contribution in [3.05, 3.63) is 11.1 Å². The average molecular weight is 322 g/mol. The molecule has 23 heavy (non-hydrogen) atoms. The van der Waals surface area contributed by atoms with Crippen LogP contribution >= 0.6 is 0 Å². The van der Waals surface area contributed by atoms with E-state index in [4.69, 9.17) is 0 Å². The Bertz CT molecular complexity index is 438. The summed E-state index contributed by atoms with van der Waals surface area (Å²) in [7, 11) is 0. The van der Waals surface area contributed by atoms with E-state index in [1.165, 1.54) is 11.1 Å². The van der Waals surface area contributed by atoms with Crippen LogP contribution in [0.5, 0.6) is 0 Å². The second kappa shape index (κ2) is 7.98. The van der Waals surface area contributed by atoms with Crippen LogP contribution in [0.1, 0.15) is 71.6 Å². The van der Waals surface area contributed by atoms with Gasteiger partial charge in [0.15, 0.2) is 0 Å². The lowest BCUT2D eigenvalue weighted by atomic mass is 9.73. The highest BCUT2D eigenvalue weighted by Gasteiger charge is 2.57. The number of fused-ring (bicyclic) bond motifs is 2. The van der Waals surface area contributed by atoms with E-state index in [0.717, 1.165) is 57.8 Å². The molecule has 0 aromatic heterocycles. The number of rotatable bonds is 10. The number of aliphatic carboxylic acids is 2. The third-order valence-corrected chi connectivity index (χ3v) is 5.74. The Kier molecular flexibility index (Phi) is 6.25. The van der Waals surface area contributed by atoms with Gasteiger partial charge < -0.3 is 10.2 Å². The minimum atomic E-state index is -0.925. The second-order valence-electron chi connectivity index (χ2n) is 7.14. The maximum Gasteiger partial charge on any atom is 0.308 e. The van der Waals surface area contributed by atoms with E-state index in [9.17, 15) is 19.8 Å². The Labute approximate surface area is 139 Å². The molecule has 2 N–H and O–H groups in total. The lowest BCUT2D eigenvalue weighted by molar-refractivity contribution is -0.154. The third kappa shape index (κ3) is 3.61. The number of carbonyl (C=O) groups is 2. The topological polar surface area (TPSA) is 74.6 Å². The SMILES string of the molecule is CCCCCC1=C(CCCCC)C2CC1C(C(=O)O)C2C(=O)O. The Morgan fingerprint density at radius 1 is 0.826 bits per heavy atom. The van der Waals surface area contributed by atoms with Gasteiger partial charge in [-0.15, -0.1) is 0 Å². The summed E-state index contributed by atoms with van der Waals surface area (Å²) in [5, 5.41) is 19.1. The quantitative estimate of drug-likeness (QED) is 0.459. The van der Waals surface area contributed by atoms with Crippen molar-refractivity contribution >= 4 is 11.9 Å². The summed E-state index contributed by atoms with van der Waals surface area (Å²) in [6, 6.07) is 0. The number of hydrogen-bond donors (Lipinski definition) is 2. The summed E-state index contributed by atoms with van der Waals surface area (Å²) in [6.45, 7) is 4.33. The van der Waals surface area contributed by atoms with E-state index in [1.807, 2.05) is 0 Å². The Morgan fingerprint density at radius 2 is 1.22 bits per heavy atom. The lowest BCUT2D eigenvalue weighted by Crippen LogP contribution is -2.36. The van der Waals surface area contributed by atoms with E-state index in [0.29, 0.717) is 0 Å². The van der Waals surface area contributed by atoms with Gasteiger partial charge in [0.25, 0.3) is 0 Å². The van der Waals surface area contributed by atoms with Gasteiger partial charge in [-0.05, 0) is 43.9 Å². The molecule has 0 amide bonds. The number of allylic oxidation sites excluding steroid dienone is 2. The van der Waals surface area contributed by atoms with Crippen molar-refractivity contribution in [2.45, 2.75) is 71.6 Å². The van der Waals surface area contributed by atoms with Crippen molar-refractivity contribution in [2.75, 3.05) is 0 Å². The first-order chi connectivity index (χ1) is 11.0. The van der Waals surface area contributed by atoms with Gasteiger partial charge in [-0.2, -0.15) is 0 Å². The number of carboxylic acids is 2. The molecule has 1 saturated carbocycles. The largest absolute Gasteiger partial charge is 0.481 e. The summed E-state index contributed by atoms with van der Waals surface area (Å²) in [5.74, 6) is -3.36. The minimum absolute atomic E-state index is 0.0351. The Balaban J connectivity index is 2.25. The molecule has 4 heteroatoms. The van der Waals surface area contributed by atoms with Crippen LogP contribution in [0.15, 0.2) is 11.1 Å². The van der Waals surface area contributed by atoms with Gasteiger partial charge in [0, 0.05) is 0 Å². The normalized spacial score (nSPS) is 29.3. The van der Waals surface area contributed by atoms with Gasteiger partial charge in [-0.25, -0.2) is 0 Å².